The Kier molecular flexibility index (Phi) is 2.99. The molecule has 3 heterocycles. The lowest BCUT2D eigenvalue weighted by Crippen LogP contribution is -2.27. The Morgan fingerprint density at radius 1 is 1.50 bits per heavy atom. The minimum atomic E-state index is 0.490. The maximum atomic E-state index is 5.32. The summed E-state index contributed by atoms with van der Waals surface area (Å²) in [6.45, 7) is 1.69. The summed E-state index contributed by atoms with van der Waals surface area (Å²) < 4.78 is 8.13. The monoisotopic (exact) mass is 350 g/mol. The SMILES string of the molecule is Ic1cn2nc(NC3CCOCC3)sc2n1. The van der Waals surface area contributed by atoms with Gasteiger partial charge in [-0.1, -0.05) is 11.3 Å². The second-order valence-corrected chi connectivity index (χ2v) is 5.79. The highest BCUT2D eigenvalue weighted by Gasteiger charge is 2.15. The molecule has 1 saturated heterocycles. The minimum Gasteiger partial charge on any atom is -0.381 e. The summed E-state index contributed by atoms with van der Waals surface area (Å²) in [6.07, 6.45) is 4.04. The van der Waals surface area contributed by atoms with E-state index in [1.807, 2.05) is 10.7 Å². The number of nitrogens with zero attached hydrogens (tertiary/aromatic N) is 3. The molecule has 0 spiro atoms. The molecule has 2 aromatic heterocycles. The highest BCUT2D eigenvalue weighted by molar-refractivity contribution is 14.1. The van der Waals surface area contributed by atoms with Crippen LogP contribution in [-0.4, -0.2) is 33.9 Å². The Morgan fingerprint density at radius 3 is 3.06 bits per heavy atom. The maximum absolute atomic E-state index is 5.32. The van der Waals surface area contributed by atoms with Gasteiger partial charge in [0.2, 0.25) is 10.1 Å². The molecule has 7 heteroatoms. The Bertz CT molecular complexity index is 459. The zero-order valence-electron chi connectivity index (χ0n) is 8.52. The van der Waals surface area contributed by atoms with Gasteiger partial charge >= 0.3 is 0 Å². The summed E-state index contributed by atoms with van der Waals surface area (Å²) in [5.41, 5.74) is 0. The number of rotatable bonds is 2. The van der Waals surface area contributed by atoms with Crippen LogP contribution < -0.4 is 5.32 Å². The highest BCUT2D eigenvalue weighted by atomic mass is 127. The van der Waals surface area contributed by atoms with Crippen molar-refractivity contribution in [2.24, 2.45) is 0 Å². The van der Waals surface area contributed by atoms with Crippen molar-refractivity contribution in [1.82, 2.24) is 14.6 Å². The summed E-state index contributed by atoms with van der Waals surface area (Å²) in [5.74, 6) is 0. The predicted molar refractivity (Wildman–Crippen MR) is 71.0 cm³/mol. The van der Waals surface area contributed by atoms with Crippen LogP contribution in [0.1, 0.15) is 12.8 Å². The predicted octanol–water partition coefficient (Wildman–Crippen LogP) is 1.99. The Balaban J connectivity index is 1.75. The van der Waals surface area contributed by atoms with Gasteiger partial charge in [0.15, 0.2) is 0 Å². The van der Waals surface area contributed by atoms with Crippen molar-refractivity contribution in [2.75, 3.05) is 18.5 Å². The second-order valence-electron chi connectivity index (χ2n) is 3.73. The van der Waals surface area contributed by atoms with Crippen molar-refractivity contribution in [2.45, 2.75) is 18.9 Å². The van der Waals surface area contributed by atoms with E-state index in [1.165, 1.54) is 0 Å². The van der Waals surface area contributed by atoms with Crippen LogP contribution in [0.25, 0.3) is 4.96 Å². The minimum absolute atomic E-state index is 0.490. The summed E-state index contributed by atoms with van der Waals surface area (Å²) in [7, 11) is 0. The fourth-order valence-electron chi connectivity index (χ4n) is 1.75. The van der Waals surface area contributed by atoms with Crippen molar-refractivity contribution in [3.05, 3.63) is 9.90 Å². The number of fused-ring (bicyclic) bond motifs is 1. The number of nitrogens with one attached hydrogen (secondary N) is 1. The lowest BCUT2D eigenvalue weighted by atomic mass is 10.1. The van der Waals surface area contributed by atoms with Gasteiger partial charge in [0.05, 0.1) is 6.20 Å². The number of hydrogen-bond acceptors (Lipinski definition) is 5. The van der Waals surface area contributed by atoms with Crippen LogP contribution in [0.5, 0.6) is 0 Å². The molecule has 0 unspecified atom stereocenters. The van der Waals surface area contributed by atoms with E-state index in [2.05, 4.69) is 38.0 Å². The van der Waals surface area contributed by atoms with Crippen LogP contribution in [0.2, 0.25) is 0 Å². The van der Waals surface area contributed by atoms with Gasteiger partial charge in [-0.15, -0.1) is 5.10 Å². The van der Waals surface area contributed by atoms with E-state index in [9.17, 15) is 0 Å². The summed E-state index contributed by atoms with van der Waals surface area (Å²) >= 11 is 3.79. The average Bonchev–Trinajstić information content (AvgIpc) is 2.76. The van der Waals surface area contributed by atoms with E-state index in [1.54, 1.807) is 11.3 Å². The van der Waals surface area contributed by atoms with E-state index in [-0.39, 0.29) is 0 Å². The standard InChI is InChI=1S/C9H11IN4OS/c10-7-5-14-9(12-7)16-8(13-14)11-6-1-3-15-4-2-6/h5-6H,1-4H2,(H,11,13). The molecular weight excluding hydrogens is 339 g/mol. The molecule has 1 aliphatic heterocycles. The number of halogens is 1. The van der Waals surface area contributed by atoms with Crippen LogP contribution in [-0.2, 0) is 4.74 Å². The molecule has 0 bridgehead atoms. The number of ether oxygens (including phenoxy) is 1. The second kappa shape index (κ2) is 4.46. The molecule has 0 radical (unpaired) electrons. The molecule has 0 aromatic carbocycles. The molecular formula is C9H11IN4OS. The Morgan fingerprint density at radius 2 is 2.31 bits per heavy atom. The number of hydrogen-bond donors (Lipinski definition) is 1. The van der Waals surface area contributed by atoms with Crippen molar-refractivity contribution in [3.8, 4) is 0 Å². The van der Waals surface area contributed by atoms with Gasteiger partial charge < -0.3 is 10.1 Å². The van der Waals surface area contributed by atoms with Crippen LogP contribution in [0.15, 0.2) is 6.20 Å². The van der Waals surface area contributed by atoms with Gasteiger partial charge in [0.25, 0.3) is 0 Å². The molecule has 1 fully saturated rings. The third kappa shape index (κ3) is 2.16. The van der Waals surface area contributed by atoms with Gasteiger partial charge in [-0.3, -0.25) is 0 Å². The van der Waals surface area contributed by atoms with Gasteiger partial charge in [0, 0.05) is 19.3 Å². The third-order valence-corrected chi connectivity index (χ3v) is 3.94. The molecule has 0 saturated carbocycles. The third-order valence-electron chi connectivity index (χ3n) is 2.56. The van der Waals surface area contributed by atoms with Crippen molar-refractivity contribution in [3.63, 3.8) is 0 Å². The maximum Gasteiger partial charge on any atom is 0.214 e. The largest absolute Gasteiger partial charge is 0.381 e. The summed E-state index contributed by atoms with van der Waals surface area (Å²) in [5, 5.41) is 8.83. The van der Waals surface area contributed by atoms with Crippen LogP contribution in [0.4, 0.5) is 5.13 Å². The first-order chi connectivity index (χ1) is 7.81. The summed E-state index contributed by atoms with van der Waals surface area (Å²) in [6, 6.07) is 0.490. The molecule has 2 aromatic rings. The molecule has 5 nitrogen and oxygen atoms in total. The van der Waals surface area contributed by atoms with Gasteiger partial charge in [-0.05, 0) is 35.4 Å². The van der Waals surface area contributed by atoms with Crippen LogP contribution in [0, 0.1) is 3.70 Å². The average molecular weight is 350 g/mol. The molecule has 0 aliphatic carbocycles. The zero-order chi connectivity index (χ0) is 11.0. The van der Waals surface area contributed by atoms with Crippen LogP contribution >= 0.6 is 33.9 Å². The lowest BCUT2D eigenvalue weighted by molar-refractivity contribution is 0.0904. The Hall–Kier alpha value is -0.410. The molecule has 3 rings (SSSR count). The summed E-state index contributed by atoms with van der Waals surface area (Å²) in [4.78, 5) is 5.31. The number of anilines is 1. The topological polar surface area (TPSA) is 51.5 Å². The first-order valence-corrected chi connectivity index (χ1v) is 7.07. The van der Waals surface area contributed by atoms with Crippen molar-refractivity contribution in [1.29, 1.82) is 0 Å². The first-order valence-electron chi connectivity index (χ1n) is 5.17. The molecule has 1 aliphatic rings. The molecule has 16 heavy (non-hydrogen) atoms. The van der Waals surface area contributed by atoms with Crippen molar-refractivity contribution < 1.29 is 4.74 Å². The van der Waals surface area contributed by atoms with E-state index < -0.39 is 0 Å². The van der Waals surface area contributed by atoms with Crippen molar-refractivity contribution >= 4 is 44.0 Å². The first kappa shape index (κ1) is 10.7. The van der Waals surface area contributed by atoms with Gasteiger partial charge in [-0.25, -0.2) is 9.50 Å². The molecule has 0 atom stereocenters. The lowest BCUT2D eigenvalue weighted by Gasteiger charge is -2.22. The smallest absolute Gasteiger partial charge is 0.214 e. The molecule has 0 amide bonds. The fourth-order valence-corrected chi connectivity index (χ4v) is 3.26. The zero-order valence-corrected chi connectivity index (χ0v) is 11.5. The van der Waals surface area contributed by atoms with Gasteiger partial charge in [-0.2, -0.15) is 0 Å². The van der Waals surface area contributed by atoms with E-state index in [4.69, 9.17) is 4.74 Å². The van der Waals surface area contributed by atoms with E-state index in [0.29, 0.717) is 6.04 Å². The number of aromatic nitrogens is 3. The fraction of sp³-hybridized carbons (Fsp3) is 0.556. The quantitative estimate of drug-likeness (QED) is 0.842. The van der Waals surface area contributed by atoms with Gasteiger partial charge in [0.1, 0.15) is 3.70 Å². The highest BCUT2D eigenvalue weighted by Crippen LogP contribution is 2.22. The molecule has 86 valence electrons. The number of imidazole rings is 1. The van der Waals surface area contributed by atoms with E-state index >= 15 is 0 Å². The normalized spacial score (nSPS) is 18.1. The molecule has 1 N–H and O–H groups in total. The van der Waals surface area contributed by atoms with Crippen LogP contribution in [0.3, 0.4) is 0 Å². The Labute approximate surface area is 110 Å². The van der Waals surface area contributed by atoms with E-state index in [0.717, 1.165) is 39.8 Å².